The van der Waals surface area contributed by atoms with Gasteiger partial charge < -0.3 is 24.8 Å². The molecule has 1 saturated heterocycles. The van der Waals surface area contributed by atoms with E-state index in [2.05, 4.69) is 76.2 Å². The van der Waals surface area contributed by atoms with Crippen molar-refractivity contribution in [3.8, 4) is 11.4 Å². The van der Waals surface area contributed by atoms with E-state index in [4.69, 9.17) is 17.0 Å². The molecule has 0 saturated carbocycles. The fraction of sp³-hybridized carbons (Fsp3) is 0.233. The third-order valence-corrected chi connectivity index (χ3v) is 7.23. The first-order valence-corrected chi connectivity index (χ1v) is 12.9. The first-order chi connectivity index (χ1) is 18.3. The summed E-state index contributed by atoms with van der Waals surface area (Å²) in [6.07, 6.45) is 1.80. The van der Waals surface area contributed by atoms with E-state index in [1.54, 1.807) is 13.3 Å². The maximum Gasteiger partial charge on any atom is 0.221 e. The molecule has 1 aliphatic heterocycles. The molecule has 1 fully saturated rings. The highest BCUT2D eigenvalue weighted by atomic mass is 32.1. The van der Waals surface area contributed by atoms with Crippen molar-refractivity contribution < 1.29 is 9.53 Å². The maximum absolute atomic E-state index is 11.9. The highest BCUT2D eigenvalue weighted by Crippen LogP contribution is 2.45. The zero-order valence-electron chi connectivity index (χ0n) is 22.1. The summed E-state index contributed by atoms with van der Waals surface area (Å²) < 4.78 is 7.78. The summed E-state index contributed by atoms with van der Waals surface area (Å²) in [6, 6.07) is 22.0. The van der Waals surface area contributed by atoms with Gasteiger partial charge in [-0.3, -0.25) is 9.78 Å². The smallest absolute Gasteiger partial charge is 0.221 e. The fourth-order valence-corrected chi connectivity index (χ4v) is 5.68. The van der Waals surface area contributed by atoms with Crippen LogP contribution < -0.4 is 20.3 Å². The Morgan fingerprint density at radius 3 is 2.53 bits per heavy atom. The van der Waals surface area contributed by atoms with Gasteiger partial charge in [0.1, 0.15) is 5.75 Å². The van der Waals surface area contributed by atoms with Gasteiger partial charge in [0.25, 0.3) is 0 Å². The van der Waals surface area contributed by atoms with Crippen LogP contribution in [0.4, 0.5) is 11.4 Å². The van der Waals surface area contributed by atoms with Crippen molar-refractivity contribution in [2.24, 2.45) is 0 Å². The third kappa shape index (κ3) is 4.63. The molecule has 194 valence electrons. The number of thiocarbonyl (C=S) groups is 1. The van der Waals surface area contributed by atoms with Crippen LogP contribution in [0.5, 0.6) is 5.75 Å². The quantitative estimate of drug-likeness (QED) is 0.304. The van der Waals surface area contributed by atoms with Crippen molar-refractivity contribution in [3.05, 3.63) is 101 Å². The molecule has 0 radical (unpaired) electrons. The van der Waals surface area contributed by atoms with Gasteiger partial charge in [-0.15, -0.1) is 0 Å². The number of rotatable bonds is 6. The summed E-state index contributed by atoms with van der Waals surface area (Å²) in [5.74, 6) is 0.407. The molecule has 2 N–H and O–H groups in total. The Morgan fingerprint density at radius 1 is 1.03 bits per heavy atom. The molecule has 8 heteroatoms. The molecule has 3 heterocycles. The highest BCUT2D eigenvalue weighted by molar-refractivity contribution is 7.80. The lowest BCUT2D eigenvalue weighted by atomic mass is 9.96. The number of hydrogen-bond acceptors (Lipinski definition) is 4. The minimum Gasteiger partial charge on any atom is -0.495 e. The SMILES string of the molecule is COc1ccc(N2C(=S)N[C@H](c3ccccn3)[C@H]2c2cc(C)n(-c3cccc(C)c3)c2C)cc1NC(C)=O. The summed E-state index contributed by atoms with van der Waals surface area (Å²) in [7, 11) is 1.59. The lowest BCUT2D eigenvalue weighted by Crippen LogP contribution is -2.29. The number of nitrogens with zero attached hydrogens (tertiary/aromatic N) is 3. The predicted octanol–water partition coefficient (Wildman–Crippen LogP) is 5.94. The highest BCUT2D eigenvalue weighted by Gasteiger charge is 2.42. The molecule has 0 bridgehead atoms. The number of ether oxygens (including phenoxy) is 1. The van der Waals surface area contributed by atoms with Crippen molar-refractivity contribution in [1.29, 1.82) is 0 Å². The average Bonchev–Trinajstić information content (AvgIpc) is 3.39. The van der Waals surface area contributed by atoms with Crippen molar-refractivity contribution in [3.63, 3.8) is 0 Å². The monoisotopic (exact) mass is 525 g/mol. The van der Waals surface area contributed by atoms with Crippen LogP contribution in [0.2, 0.25) is 0 Å². The van der Waals surface area contributed by atoms with Crippen molar-refractivity contribution in [1.82, 2.24) is 14.9 Å². The molecule has 1 aliphatic rings. The Bertz CT molecular complexity index is 1510. The van der Waals surface area contributed by atoms with E-state index in [9.17, 15) is 4.79 Å². The molecule has 7 nitrogen and oxygen atoms in total. The number of carbonyl (C=O) groups excluding carboxylic acids is 1. The van der Waals surface area contributed by atoms with Crippen LogP contribution in [-0.4, -0.2) is 27.7 Å². The Hall–Kier alpha value is -4.17. The third-order valence-electron chi connectivity index (χ3n) is 6.92. The fourth-order valence-electron chi connectivity index (χ4n) is 5.33. The van der Waals surface area contributed by atoms with Gasteiger partial charge in [-0.25, -0.2) is 0 Å². The minimum atomic E-state index is -0.180. The molecule has 4 aromatic rings. The van der Waals surface area contributed by atoms with E-state index in [0.717, 1.165) is 34.0 Å². The van der Waals surface area contributed by atoms with Gasteiger partial charge in [0, 0.05) is 35.9 Å². The number of hydrogen-bond donors (Lipinski definition) is 2. The number of methoxy groups -OCH3 is 1. The number of pyridine rings is 1. The normalized spacial score (nSPS) is 16.9. The van der Waals surface area contributed by atoms with Gasteiger partial charge in [0.05, 0.1) is 30.6 Å². The molecule has 2 aromatic carbocycles. The first kappa shape index (κ1) is 25.5. The molecule has 5 rings (SSSR count). The van der Waals surface area contributed by atoms with Gasteiger partial charge in [-0.2, -0.15) is 0 Å². The topological polar surface area (TPSA) is 71.4 Å². The second-order valence-electron chi connectivity index (χ2n) is 9.56. The molecule has 0 unspecified atom stereocenters. The zero-order valence-corrected chi connectivity index (χ0v) is 23.0. The van der Waals surface area contributed by atoms with Crippen LogP contribution in [0.25, 0.3) is 5.69 Å². The second-order valence-corrected chi connectivity index (χ2v) is 9.95. The van der Waals surface area contributed by atoms with Crippen molar-refractivity contribution in [2.45, 2.75) is 39.8 Å². The van der Waals surface area contributed by atoms with Crippen LogP contribution in [-0.2, 0) is 4.79 Å². The van der Waals surface area contributed by atoms with Gasteiger partial charge in [0.2, 0.25) is 5.91 Å². The van der Waals surface area contributed by atoms with Crippen LogP contribution in [0, 0.1) is 20.8 Å². The average molecular weight is 526 g/mol. The van der Waals surface area contributed by atoms with E-state index in [-0.39, 0.29) is 18.0 Å². The number of benzene rings is 2. The number of aryl methyl sites for hydroxylation is 2. The number of anilines is 2. The summed E-state index contributed by atoms with van der Waals surface area (Å²) in [4.78, 5) is 18.7. The summed E-state index contributed by atoms with van der Waals surface area (Å²) in [5, 5.41) is 7.00. The second kappa shape index (κ2) is 10.3. The number of carbonyl (C=O) groups is 1. The minimum absolute atomic E-state index is 0.174. The van der Waals surface area contributed by atoms with E-state index in [1.807, 2.05) is 36.4 Å². The lowest BCUT2D eigenvalue weighted by molar-refractivity contribution is -0.114. The van der Waals surface area contributed by atoms with Crippen LogP contribution in [0.15, 0.2) is 72.9 Å². The van der Waals surface area contributed by atoms with Crippen molar-refractivity contribution >= 4 is 34.6 Å². The number of aromatic nitrogens is 2. The van der Waals surface area contributed by atoms with Gasteiger partial charge in [0.15, 0.2) is 5.11 Å². The molecule has 2 aromatic heterocycles. The maximum atomic E-state index is 11.9. The molecule has 38 heavy (non-hydrogen) atoms. The van der Waals surface area contributed by atoms with Crippen molar-refractivity contribution in [2.75, 3.05) is 17.3 Å². The Kier molecular flexibility index (Phi) is 6.91. The number of nitrogens with one attached hydrogen (secondary N) is 2. The molecular formula is C30H31N5O2S. The molecule has 2 atom stereocenters. The largest absolute Gasteiger partial charge is 0.495 e. The predicted molar refractivity (Wildman–Crippen MR) is 155 cm³/mol. The zero-order chi connectivity index (χ0) is 27.0. The molecule has 0 spiro atoms. The van der Waals surface area contributed by atoms with Gasteiger partial charge in [-0.1, -0.05) is 18.2 Å². The summed E-state index contributed by atoms with van der Waals surface area (Å²) in [6.45, 7) is 7.86. The van der Waals surface area contributed by atoms with Gasteiger partial charge >= 0.3 is 0 Å². The first-order valence-electron chi connectivity index (χ1n) is 12.5. The van der Waals surface area contributed by atoms with Gasteiger partial charge in [-0.05, 0) is 92.6 Å². The van der Waals surface area contributed by atoms with Crippen LogP contribution in [0.3, 0.4) is 0 Å². The standard InChI is InChI=1S/C30H31N5O2S/c1-18-9-8-10-22(15-18)34-19(2)16-24(20(34)3)29-28(25-11-6-7-14-31-25)33-30(38)35(29)23-12-13-27(37-5)26(17-23)32-21(4)36/h6-17,28-29H,1-5H3,(H,32,36)(H,33,38)/t28-,29-/m1/s1. The molecule has 0 aliphatic carbocycles. The number of amides is 1. The van der Waals surface area contributed by atoms with E-state index < -0.39 is 0 Å². The molecular weight excluding hydrogens is 494 g/mol. The Morgan fingerprint density at radius 2 is 1.84 bits per heavy atom. The molecule has 1 amide bonds. The Labute approximate surface area is 228 Å². The van der Waals surface area contributed by atoms with E-state index in [1.165, 1.54) is 12.5 Å². The lowest BCUT2D eigenvalue weighted by Gasteiger charge is -2.29. The van der Waals surface area contributed by atoms with E-state index in [0.29, 0.717) is 16.5 Å². The summed E-state index contributed by atoms with van der Waals surface area (Å²) in [5.41, 5.74) is 8.07. The van der Waals surface area contributed by atoms with Crippen LogP contribution in [0.1, 0.15) is 47.2 Å². The summed E-state index contributed by atoms with van der Waals surface area (Å²) >= 11 is 5.92. The Balaban J connectivity index is 1.68. The van der Waals surface area contributed by atoms with Crippen LogP contribution >= 0.6 is 12.2 Å². The van der Waals surface area contributed by atoms with E-state index >= 15 is 0 Å².